The molecule has 2 aromatic carbocycles. The normalized spacial score (nSPS) is 25.3. The molecule has 5 unspecified atom stereocenters. The fourth-order valence-electron chi connectivity index (χ4n) is 3.50. The molecule has 3 rings (SSSR count). The van der Waals surface area contributed by atoms with Crippen molar-refractivity contribution in [2.45, 2.75) is 50.2 Å². The maximum atomic E-state index is 12.1. The first-order chi connectivity index (χ1) is 16.6. The Hall–Kier alpha value is -3.35. The number of esters is 1. The van der Waals surface area contributed by atoms with E-state index in [2.05, 4.69) is 0 Å². The van der Waals surface area contributed by atoms with Gasteiger partial charge in [0.05, 0.1) is 6.61 Å². The Morgan fingerprint density at radius 3 is 2.40 bits per heavy atom. The van der Waals surface area contributed by atoms with E-state index in [0.29, 0.717) is 17.5 Å². The summed E-state index contributed by atoms with van der Waals surface area (Å²) < 4.78 is 15.9. The first-order valence-corrected chi connectivity index (χ1v) is 10.8. The van der Waals surface area contributed by atoms with Crippen LogP contribution >= 0.6 is 0 Å². The Bertz CT molecular complexity index is 1050. The van der Waals surface area contributed by atoms with Gasteiger partial charge in [-0.05, 0) is 48.4 Å². The molecule has 0 spiro atoms. The molecule has 11 heteroatoms. The molecule has 0 aliphatic carbocycles. The molecule has 1 saturated heterocycles. The predicted molar refractivity (Wildman–Crippen MR) is 121 cm³/mol. The van der Waals surface area contributed by atoms with Crippen LogP contribution in [0, 0.1) is 0 Å². The van der Waals surface area contributed by atoms with Crippen molar-refractivity contribution in [1.82, 2.24) is 0 Å². The molecule has 7 N–H and O–H groups in total. The van der Waals surface area contributed by atoms with E-state index >= 15 is 0 Å². The molecule has 0 bridgehead atoms. The van der Waals surface area contributed by atoms with Crippen LogP contribution in [0.5, 0.6) is 23.0 Å². The number of phenols is 3. The molecule has 0 radical (unpaired) electrons. The summed E-state index contributed by atoms with van der Waals surface area (Å²) in [5.74, 6) is -1.59. The Labute approximate surface area is 200 Å². The fraction of sp³-hybridized carbons (Fsp3) is 0.375. The van der Waals surface area contributed by atoms with E-state index in [9.17, 15) is 40.5 Å². The molecule has 1 aliphatic heterocycles. The molecule has 6 atom stereocenters. The number of carbonyl (C=O) groups is 1. The lowest BCUT2D eigenvalue weighted by atomic mass is 9.99. The topological polar surface area (TPSA) is 186 Å². The van der Waals surface area contributed by atoms with E-state index in [4.69, 9.17) is 14.2 Å². The Morgan fingerprint density at radius 2 is 1.74 bits per heavy atom. The van der Waals surface area contributed by atoms with E-state index in [1.54, 1.807) is 13.0 Å². The number of aliphatic hydroxyl groups is 4. The summed E-state index contributed by atoms with van der Waals surface area (Å²) in [6.45, 7) is 1.05. The van der Waals surface area contributed by atoms with Gasteiger partial charge in [0, 0.05) is 12.5 Å². The Balaban J connectivity index is 1.57. The van der Waals surface area contributed by atoms with Gasteiger partial charge in [0.15, 0.2) is 23.0 Å². The lowest BCUT2D eigenvalue weighted by Gasteiger charge is -2.39. The third-order valence-corrected chi connectivity index (χ3v) is 5.37. The van der Waals surface area contributed by atoms with Crippen molar-refractivity contribution in [3.8, 4) is 23.0 Å². The zero-order valence-electron chi connectivity index (χ0n) is 18.8. The van der Waals surface area contributed by atoms with Crippen molar-refractivity contribution in [3.05, 3.63) is 53.6 Å². The number of phenolic OH excluding ortho intramolecular Hbond substituents is 3. The lowest BCUT2D eigenvalue weighted by Crippen LogP contribution is -2.60. The van der Waals surface area contributed by atoms with E-state index in [1.165, 1.54) is 36.4 Å². The number of carbonyl (C=O) groups excluding carboxylic acids is 1. The van der Waals surface area contributed by atoms with Crippen molar-refractivity contribution < 1.29 is 54.8 Å². The largest absolute Gasteiger partial charge is 0.504 e. The van der Waals surface area contributed by atoms with E-state index < -0.39 is 49.4 Å². The van der Waals surface area contributed by atoms with Crippen LogP contribution in [0.15, 0.2) is 42.5 Å². The first-order valence-electron chi connectivity index (χ1n) is 10.8. The standard InChI is InChI=1S/C24H28O11/c1-12(8-14-2-5-15(26)16(27)10-14)33-20(29)7-4-13-3-6-18(17(28)9-13)34-24-23(32)22(31)21(30)19(11-25)35-24/h2-7,9-10,12,19,21-28,30-32H,8,11H2,1H3/b7-4+/t12-,19?,21?,22?,23?,24?/m0/s1. The summed E-state index contributed by atoms with van der Waals surface area (Å²) in [5.41, 5.74) is 1.10. The average Bonchev–Trinajstić information content (AvgIpc) is 2.81. The SMILES string of the molecule is C[C@@H](Cc1ccc(O)c(O)c1)OC(=O)/C=C/c1ccc(OC2OC(CO)C(O)C(O)C2O)c(O)c1. The van der Waals surface area contributed by atoms with E-state index in [0.717, 1.165) is 6.08 Å². The molecule has 35 heavy (non-hydrogen) atoms. The Morgan fingerprint density at radius 1 is 1.00 bits per heavy atom. The second kappa shape index (κ2) is 11.4. The van der Waals surface area contributed by atoms with Gasteiger partial charge in [0.1, 0.15) is 30.5 Å². The van der Waals surface area contributed by atoms with Gasteiger partial charge < -0.3 is 50.0 Å². The zero-order valence-corrected chi connectivity index (χ0v) is 18.8. The highest BCUT2D eigenvalue weighted by molar-refractivity contribution is 5.87. The first kappa shape index (κ1) is 26.3. The summed E-state index contributed by atoms with van der Waals surface area (Å²) in [6.07, 6.45) is -5.03. The second-order valence-corrected chi connectivity index (χ2v) is 8.15. The molecule has 1 heterocycles. The quantitative estimate of drug-likeness (QED) is 0.151. The van der Waals surface area contributed by atoms with Crippen LogP contribution in [-0.2, 0) is 20.7 Å². The van der Waals surface area contributed by atoms with Crippen LogP contribution in [0.25, 0.3) is 6.08 Å². The monoisotopic (exact) mass is 492 g/mol. The number of benzene rings is 2. The maximum Gasteiger partial charge on any atom is 0.331 e. The van der Waals surface area contributed by atoms with E-state index in [1.807, 2.05) is 0 Å². The van der Waals surface area contributed by atoms with Crippen molar-refractivity contribution in [2.24, 2.45) is 0 Å². The third kappa shape index (κ3) is 6.62. The smallest absolute Gasteiger partial charge is 0.331 e. The summed E-state index contributed by atoms with van der Waals surface area (Å²) in [7, 11) is 0. The van der Waals surface area contributed by atoms with Gasteiger partial charge in [-0.1, -0.05) is 12.1 Å². The number of ether oxygens (including phenoxy) is 3. The number of aliphatic hydroxyl groups excluding tert-OH is 4. The summed E-state index contributed by atoms with van der Waals surface area (Å²) in [5, 5.41) is 68.1. The van der Waals surface area contributed by atoms with Gasteiger partial charge in [-0.25, -0.2) is 4.79 Å². The lowest BCUT2D eigenvalue weighted by molar-refractivity contribution is -0.277. The van der Waals surface area contributed by atoms with Crippen molar-refractivity contribution in [1.29, 1.82) is 0 Å². The van der Waals surface area contributed by atoms with Crippen LogP contribution in [0.1, 0.15) is 18.1 Å². The molecule has 1 fully saturated rings. The molecule has 11 nitrogen and oxygen atoms in total. The molecular formula is C24H28O11. The number of hydrogen-bond donors (Lipinski definition) is 7. The zero-order chi connectivity index (χ0) is 25.7. The summed E-state index contributed by atoms with van der Waals surface area (Å²) in [6, 6.07) is 8.47. The Kier molecular flexibility index (Phi) is 8.54. The summed E-state index contributed by atoms with van der Waals surface area (Å²) >= 11 is 0. The highest BCUT2D eigenvalue weighted by atomic mass is 16.7. The fourth-order valence-corrected chi connectivity index (χ4v) is 3.50. The number of aromatic hydroxyl groups is 3. The number of rotatable bonds is 8. The molecule has 190 valence electrons. The maximum absolute atomic E-state index is 12.1. The van der Waals surface area contributed by atoms with Gasteiger partial charge in [-0.3, -0.25) is 0 Å². The number of hydrogen-bond acceptors (Lipinski definition) is 11. The molecule has 0 amide bonds. The van der Waals surface area contributed by atoms with Crippen molar-refractivity contribution >= 4 is 12.0 Å². The van der Waals surface area contributed by atoms with E-state index in [-0.39, 0.29) is 23.0 Å². The molecule has 1 aliphatic rings. The molecule has 0 saturated carbocycles. The predicted octanol–water partition coefficient (Wildman–Crippen LogP) is 0.170. The third-order valence-electron chi connectivity index (χ3n) is 5.37. The van der Waals surface area contributed by atoms with Gasteiger partial charge in [-0.2, -0.15) is 0 Å². The van der Waals surface area contributed by atoms with Crippen LogP contribution in [-0.4, -0.2) is 85.1 Å². The highest BCUT2D eigenvalue weighted by Gasteiger charge is 2.44. The van der Waals surface area contributed by atoms with Crippen LogP contribution in [0.4, 0.5) is 0 Å². The minimum absolute atomic E-state index is 0.0974. The van der Waals surface area contributed by atoms with Crippen molar-refractivity contribution in [3.63, 3.8) is 0 Å². The molecule has 2 aromatic rings. The van der Waals surface area contributed by atoms with Gasteiger partial charge >= 0.3 is 5.97 Å². The van der Waals surface area contributed by atoms with Crippen molar-refractivity contribution in [2.75, 3.05) is 6.61 Å². The average molecular weight is 492 g/mol. The van der Waals surface area contributed by atoms with Crippen LogP contribution < -0.4 is 4.74 Å². The van der Waals surface area contributed by atoms with Gasteiger partial charge in [0.25, 0.3) is 0 Å². The van der Waals surface area contributed by atoms with Gasteiger partial charge in [-0.15, -0.1) is 0 Å². The van der Waals surface area contributed by atoms with Crippen LogP contribution in [0.2, 0.25) is 0 Å². The summed E-state index contributed by atoms with van der Waals surface area (Å²) in [4.78, 5) is 12.1. The molecular weight excluding hydrogens is 464 g/mol. The molecule has 0 aromatic heterocycles. The highest BCUT2D eigenvalue weighted by Crippen LogP contribution is 2.31. The van der Waals surface area contributed by atoms with Gasteiger partial charge in [0.2, 0.25) is 6.29 Å². The minimum atomic E-state index is -1.63. The minimum Gasteiger partial charge on any atom is -0.504 e. The second-order valence-electron chi connectivity index (χ2n) is 8.15. The van der Waals surface area contributed by atoms with Crippen LogP contribution in [0.3, 0.4) is 0 Å².